The maximum Gasteiger partial charge on any atom is 0.257 e. The summed E-state index contributed by atoms with van der Waals surface area (Å²) in [5.41, 5.74) is 0.517. The Labute approximate surface area is 190 Å². The lowest BCUT2D eigenvalue weighted by atomic mass is 9.84. The lowest BCUT2D eigenvalue weighted by Crippen LogP contribution is -2.23. The maximum atomic E-state index is 14.7. The van der Waals surface area contributed by atoms with Crippen molar-refractivity contribution in [2.24, 2.45) is 0 Å². The maximum absolute atomic E-state index is 14.7. The number of benzene rings is 1. The first kappa shape index (κ1) is 22.2. The highest BCUT2D eigenvalue weighted by molar-refractivity contribution is 5.67. The van der Waals surface area contributed by atoms with Crippen LogP contribution in [0.4, 0.5) is 14.5 Å². The van der Waals surface area contributed by atoms with Gasteiger partial charge in [-0.1, -0.05) is 26.0 Å². The molecule has 0 bridgehead atoms. The molecule has 3 heterocycles. The van der Waals surface area contributed by atoms with Gasteiger partial charge in [-0.3, -0.25) is 4.98 Å². The summed E-state index contributed by atoms with van der Waals surface area (Å²) >= 11 is 0. The largest absolute Gasteiger partial charge is 0.257 e. The van der Waals surface area contributed by atoms with E-state index in [0.29, 0.717) is 17.2 Å². The van der Waals surface area contributed by atoms with Crippen molar-refractivity contribution >= 4 is 5.69 Å². The zero-order chi connectivity index (χ0) is 23.8. The third-order valence-electron chi connectivity index (χ3n) is 5.48. The van der Waals surface area contributed by atoms with Crippen molar-refractivity contribution < 1.29 is 8.78 Å². The Hall–Kier alpha value is -3.99. The minimum atomic E-state index is -0.917. The molecule has 0 aliphatic rings. The molecular formula is C25H22F2N6. The summed E-state index contributed by atoms with van der Waals surface area (Å²) in [6.45, 7) is 15.0. The molecule has 0 N–H and O–H groups in total. The molecule has 8 heteroatoms. The van der Waals surface area contributed by atoms with Crippen LogP contribution in [-0.2, 0) is 5.41 Å². The van der Waals surface area contributed by atoms with Crippen molar-refractivity contribution in [1.29, 1.82) is 0 Å². The number of halogens is 2. The van der Waals surface area contributed by atoms with Crippen LogP contribution in [0.5, 0.6) is 0 Å². The fourth-order valence-electron chi connectivity index (χ4n) is 3.46. The molecule has 0 saturated heterocycles. The van der Waals surface area contributed by atoms with Crippen molar-refractivity contribution in [3.63, 3.8) is 0 Å². The van der Waals surface area contributed by atoms with Gasteiger partial charge < -0.3 is 0 Å². The highest BCUT2D eigenvalue weighted by Crippen LogP contribution is 2.34. The monoisotopic (exact) mass is 444 g/mol. The topological polar surface area (TPSA) is 60.9 Å². The van der Waals surface area contributed by atoms with Gasteiger partial charge in [0.2, 0.25) is 0 Å². The van der Waals surface area contributed by atoms with Gasteiger partial charge in [-0.05, 0) is 50.2 Å². The summed E-state index contributed by atoms with van der Waals surface area (Å²) in [6.07, 6.45) is 1.64. The minimum absolute atomic E-state index is 0.0746. The second kappa shape index (κ2) is 8.51. The SMILES string of the molecule is [C-]#[N+]c1c(F)ccc(-c2cccc(C(C)(C)c3cccc(-n4cnc(C(C)C)n4)n3)n2)c1F. The van der Waals surface area contributed by atoms with E-state index in [1.807, 2.05) is 52.0 Å². The second-order valence-electron chi connectivity index (χ2n) is 8.49. The molecule has 4 rings (SSSR count). The first-order valence-electron chi connectivity index (χ1n) is 10.4. The van der Waals surface area contributed by atoms with E-state index < -0.39 is 22.7 Å². The molecule has 166 valence electrons. The highest BCUT2D eigenvalue weighted by Gasteiger charge is 2.28. The molecule has 0 unspecified atom stereocenters. The van der Waals surface area contributed by atoms with Crippen LogP contribution >= 0.6 is 0 Å². The number of hydrogen-bond donors (Lipinski definition) is 0. The van der Waals surface area contributed by atoms with E-state index in [-0.39, 0.29) is 11.5 Å². The zero-order valence-corrected chi connectivity index (χ0v) is 18.7. The van der Waals surface area contributed by atoms with Gasteiger partial charge in [0, 0.05) is 16.9 Å². The summed E-state index contributed by atoms with van der Waals surface area (Å²) < 4.78 is 30.2. The van der Waals surface area contributed by atoms with Crippen LogP contribution in [0.3, 0.4) is 0 Å². The van der Waals surface area contributed by atoms with Crippen LogP contribution in [0.1, 0.15) is 50.8 Å². The van der Waals surface area contributed by atoms with Crippen LogP contribution in [0, 0.1) is 18.2 Å². The van der Waals surface area contributed by atoms with Crippen molar-refractivity contribution in [2.75, 3.05) is 0 Å². The molecule has 0 aliphatic heterocycles. The molecule has 0 amide bonds. The number of rotatable bonds is 5. The number of pyridine rings is 2. The summed E-state index contributed by atoms with van der Waals surface area (Å²) in [6, 6.07) is 13.2. The molecule has 0 spiro atoms. The predicted octanol–water partition coefficient (Wildman–Crippen LogP) is 6.00. The summed E-state index contributed by atoms with van der Waals surface area (Å²) in [7, 11) is 0. The Balaban J connectivity index is 1.74. The van der Waals surface area contributed by atoms with E-state index in [4.69, 9.17) is 11.6 Å². The first-order valence-corrected chi connectivity index (χ1v) is 10.4. The lowest BCUT2D eigenvalue weighted by molar-refractivity contribution is 0.588. The smallest absolute Gasteiger partial charge is 0.252 e. The van der Waals surface area contributed by atoms with E-state index in [0.717, 1.165) is 17.6 Å². The van der Waals surface area contributed by atoms with E-state index in [9.17, 15) is 8.78 Å². The molecule has 0 atom stereocenters. The van der Waals surface area contributed by atoms with Crippen LogP contribution in [-0.4, -0.2) is 24.7 Å². The Morgan fingerprint density at radius 2 is 1.67 bits per heavy atom. The van der Waals surface area contributed by atoms with E-state index in [1.54, 1.807) is 23.1 Å². The molecule has 0 fully saturated rings. The Kier molecular flexibility index (Phi) is 5.73. The molecule has 1 aromatic carbocycles. The zero-order valence-electron chi connectivity index (χ0n) is 18.7. The van der Waals surface area contributed by atoms with E-state index in [1.165, 1.54) is 6.07 Å². The summed E-state index contributed by atoms with van der Waals surface area (Å²) in [4.78, 5) is 16.7. The average molecular weight is 444 g/mol. The van der Waals surface area contributed by atoms with Gasteiger partial charge in [0.15, 0.2) is 11.6 Å². The van der Waals surface area contributed by atoms with Gasteiger partial charge in [0.25, 0.3) is 5.69 Å². The quantitative estimate of drug-likeness (QED) is 0.354. The van der Waals surface area contributed by atoms with Crippen LogP contribution < -0.4 is 0 Å². The molecule has 0 radical (unpaired) electrons. The van der Waals surface area contributed by atoms with E-state index in [2.05, 4.69) is 19.9 Å². The van der Waals surface area contributed by atoms with Gasteiger partial charge in [0.05, 0.1) is 23.7 Å². The van der Waals surface area contributed by atoms with E-state index >= 15 is 0 Å². The second-order valence-corrected chi connectivity index (χ2v) is 8.49. The van der Waals surface area contributed by atoms with Crippen molar-refractivity contribution in [2.45, 2.75) is 39.0 Å². The van der Waals surface area contributed by atoms with Gasteiger partial charge in [-0.25, -0.2) is 28.3 Å². The van der Waals surface area contributed by atoms with Gasteiger partial charge in [0.1, 0.15) is 18.0 Å². The summed E-state index contributed by atoms with van der Waals surface area (Å²) in [5, 5.41) is 4.49. The minimum Gasteiger partial charge on any atom is -0.252 e. The first-order chi connectivity index (χ1) is 15.7. The Bertz CT molecular complexity index is 1370. The van der Waals surface area contributed by atoms with Crippen molar-refractivity contribution in [1.82, 2.24) is 24.7 Å². The standard InChI is InChI=1S/C25H22F2N6/c1-15(2)24-29-14-33(32-24)21-11-7-10-20(31-21)25(3,4)19-9-6-8-18(30-19)16-12-13-17(26)23(28-5)22(16)27/h6-15H,1-4H3. The molecular weight excluding hydrogens is 422 g/mol. The van der Waals surface area contributed by atoms with Crippen molar-refractivity contribution in [3.8, 4) is 17.1 Å². The molecule has 0 saturated carbocycles. The third kappa shape index (κ3) is 4.10. The molecule has 0 aliphatic carbocycles. The molecule has 6 nitrogen and oxygen atoms in total. The number of aromatic nitrogens is 5. The molecule has 3 aromatic heterocycles. The molecule has 4 aromatic rings. The van der Waals surface area contributed by atoms with Crippen LogP contribution in [0.25, 0.3) is 21.9 Å². The predicted molar refractivity (Wildman–Crippen MR) is 121 cm³/mol. The van der Waals surface area contributed by atoms with Gasteiger partial charge in [-0.2, -0.15) is 0 Å². The molecule has 33 heavy (non-hydrogen) atoms. The van der Waals surface area contributed by atoms with Crippen LogP contribution in [0.15, 0.2) is 54.9 Å². The fourth-order valence-corrected chi connectivity index (χ4v) is 3.46. The normalized spacial score (nSPS) is 11.6. The Morgan fingerprint density at radius 3 is 2.33 bits per heavy atom. The average Bonchev–Trinajstić information content (AvgIpc) is 3.30. The van der Waals surface area contributed by atoms with Gasteiger partial charge >= 0.3 is 0 Å². The van der Waals surface area contributed by atoms with Crippen molar-refractivity contribution in [3.05, 3.63) is 95.1 Å². The lowest BCUT2D eigenvalue weighted by Gasteiger charge is -2.24. The summed E-state index contributed by atoms with van der Waals surface area (Å²) in [5.74, 6) is -0.247. The highest BCUT2D eigenvalue weighted by atomic mass is 19.1. The third-order valence-corrected chi connectivity index (χ3v) is 5.48. The number of nitrogens with zero attached hydrogens (tertiary/aromatic N) is 6. The Morgan fingerprint density at radius 1 is 0.970 bits per heavy atom. The number of hydrogen-bond acceptors (Lipinski definition) is 4. The van der Waals surface area contributed by atoms with Gasteiger partial charge in [-0.15, -0.1) is 5.10 Å². The van der Waals surface area contributed by atoms with Crippen LogP contribution in [0.2, 0.25) is 0 Å². The fraction of sp³-hybridized carbons (Fsp3) is 0.240.